The van der Waals surface area contributed by atoms with Gasteiger partial charge in [-0.15, -0.1) is 0 Å². The second-order valence-electron chi connectivity index (χ2n) is 5.55. The van der Waals surface area contributed by atoms with Gasteiger partial charge in [-0.3, -0.25) is 9.69 Å². The van der Waals surface area contributed by atoms with Crippen molar-refractivity contribution in [3.05, 3.63) is 23.8 Å². The summed E-state index contributed by atoms with van der Waals surface area (Å²) in [5, 5.41) is 18.8. The fourth-order valence-corrected chi connectivity index (χ4v) is 2.92. The van der Waals surface area contributed by atoms with Crippen molar-refractivity contribution in [2.75, 3.05) is 13.7 Å². The van der Waals surface area contributed by atoms with E-state index in [1.165, 1.54) is 0 Å². The lowest BCUT2D eigenvalue weighted by molar-refractivity contribution is -0.137. The van der Waals surface area contributed by atoms with Gasteiger partial charge in [0.1, 0.15) is 11.5 Å². The number of likely N-dealkylation sites (tertiary alicyclic amines) is 1. The molecule has 1 unspecified atom stereocenters. The molecule has 1 aliphatic heterocycles. The van der Waals surface area contributed by atoms with Crippen molar-refractivity contribution in [2.45, 2.75) is 44.7 Å². The lowest BCUT2D eigenvalue weighted by Crippen LogP contribution is -2.39. The minimum atomic E-state index is -0.746. The van der Waals surface area contributed by atoms with E-state index in [1.807, 2.05) is 6.07 Å². The first kappa shape index (κ1) is 15.6. The van der Waals surface area contributed by atoms with E-state index in [0.717, 1.165) is 37.1 Å². The van der Waals surface area contributed by atoms with Gasteiger partial charge in [-0.25, -0.2) is 0 Å². The van der Waals surface area contributed by atoms with Gasteiger partial charge in [0.2, 0.25) is 0 Å². The van der Waals surface area contributed by atoms with Crippen LogP contribution in [0.1, 0.15) is 37.7 Å². The van der Waals surface area contributed by atoms with Gasteiger partial charge in [0.25, 0.3) is 0 Å². The van der Waals surface area contributed by atoms with Crippen LogP contribution in [-0.4, -0.2) is 40.8 Å². The van der Waals surface area contributed by atoms with E-state index < -0.39 is 5.97 Å². The average Bonchev–Trinajstić information content (AvgIpc) is 2.48. The Morgan fingerprint density at radius 2 is 2.24 bits per heavy atom. The number of aromatic hydroxyl groups is 1. The van der Waals surface area contributed by atoms with Crippen LogP contribution in [-0.2, 0) is 11.3 Å². The topological polar surface area (TPSA) is 70.0 Å². The first-order valence-corrected chi connectivity index (χ1v) is 7.42. The minimum absolute atomic E-state index is 0.200. The molecule has 0 radical (unpaired) electrons. The zero-order valence-electron chi connectivity index (χ0n) is 12.4. The zero-order valence-corrected chi connectivity index (χ0v) is 12.4. The number of rotatable bonds is 6. The molecule has 1 fully saturated rings. The molecule has 0 amide bonds. The van der Waals surface area contributed by atoms with Gasteiger partial charge in [0, 0.05) is 24.6 Å². The van der Waals surface area contributed by atoms with Gasteiger partial charge in [-0.2, -0.15) is 0 Å². The average molecular weight is 293 g/mol. The molecule has 21 heavy (non-hydrogen) atoms. The third-order valence-corrected chi connectivity index (χ3v) is 4.10. The Kier molecular flexibility index (Phi) is 5.44. The molecule has 0 spiro atoms. The van der Waals surface area contributed by atoms with Crippen molar-refractivity contribution in [2.24, 2.45) is 0 Å². The smallest absolute Gasteiger partial charge is 0.303 e. The highest BCUT2D eigenvalue weighted by Crippen LogP contribution is 2.28. The monoisotopic (exact) mass is 293 g/mol. The van der Waals surface area contributed by atoms with E-state index in [4.69, 9.17) is 9.84 Å². The highest BCUT2D eigenvalue weighted by molar-refractivity contribution is 5.66. The first-order chi connectivity index (χ1) is 10.1. The summed E-state index contributed by atoms with van der Waals surface area (Å²) in [4.78, 5) is 13.0. The van der Waals surface area contributed by atoms with Crippen LogP contribution in [0.2, 0.25) is 0 Å². The Bertz CT molecular complexity index is 489. The third kappa shape index (κ3) is 4.36. The first-order valence-electron chi connectivity index (χ1n) is 7.42. The molecule has 1 aromatic rings. The van der Waals surface area contributed by atoms with Gasteiger partial charge >= 0.3 is 5.97 Å². The van der Waals surface area contributed by atoms with Gasteiger partial charge in [0.15, 0.2) is 0 Å². The number of aliphatic carboxylic acids is 1. The molecule has 0 bridgehead atoms. The number of methoxy groups -OCH3 is 1. The molecule has 5 nitrogen and oxygen atoms in total. The van der Waals surface area contributed by atoms with E-state index in [1.54, 1.807) is 19.2 Å². The number of carboxylic acid groups (broad SMARTS) is 1. The summed E-state index contributed by atoms with van der Waals surface area (Å²) >= 11 is 0. The van der Waals surface area contributed by atoms with Crippen molar-refractivity contribution in [3.8, 4) is 11.5 Å². The normalized spacial score (nSPS) is 19.4. The predicted octanol–water partition coefficient (Wildman–Crippen LogP) is 2.62. The number of carboxylic acids is 1. The number of carbonyl (C=O) groups is 1. The maximum absolute atomic E-state index is 10.8. The molecule has 2 rings (SSSR count). The Morgan fingerprint density at radius 3 is 2.95 bits per heavy atom. The number of piperidine rings is 1. The summed E-state index contributed by atoms with van der Waals surface area (Å²) in [5.74, 6) is 0.241. The van der Waals surface area contributed by atoms with E-state index in [2.05, 4.69) is 4.90 Å². The predicted molar refractivity (Wildman–Crippen MR) is 79.6 cm³/mol. The van der Waals surface area contributed by atoms with E-state index in [0.29, 0.717) is 13.0 Å². The van der Waals surface area contributed by atoms with Crippen LogP contribution in [0.4, 0.5) is 0 Å². The fourth-order valence-electron chi connectivity index (χ4n) is 2.92. The van der Waals surface area contributed by atoms with Crippen LogP contribution in [0.15, 0.2) is 18.2 Å². The molecule has 1 atom stereocenters. The lowest BCUT2D eigenvalue weighted by atomic mass is 9.97. The number of phenols is 1. The molecule has 5 heteroatoms. The van der Waals surface area contributed by atoms with Crippen LogP contribution >= 0.6 is 0 Å². The molecule has 0 aliphatic carbocycles. The third-order valence-electron chi connectivity index (χ3n) is 4.10. The second-order valence-corrected chi connectivity index (χ2v) is 5.55. The standard InChI is InChI=1S/C16H23NO4/c1-21-14-6-7-15(18)12(10-14)11-17-9-3-2-4-13(17)5-8-16(19)20/h6-7,10,13,18H,2-5,8-9,11H2,1H3,(H,19,20). The van der Waals surface area contributed by atoms with Crippen LogP contribution in [0.25, 0.3) is 0 Å². The fraction of sp³-hybridized carbons (Fsp3) is 0.562. The van der Waals surface area contributed by atoms with Crippen molar-refractivity contribution in [1.82, 2.24) is 4.90 Å². The number of hydrogen-bond donors (Lipinski definition) is 2. The Morgan fingerprint density at radius 1 is 1.43 bits per heavy atom. The van der Waals surface area contributed by atoms with E-state index >= 15 is 0 Å². The second kappa shape index (κ2) is 7.31. The van der Waals surface area contributed by atoms with E-state index in [-0.39, 0.29) is 18.2 Å². The highest BCUT2D eigenvalue weighted by atomic mass is 16.5. The number of ether oxygens (including phenoxy) is 1. The lowest BCUT2D eigenvalue weighted by Gasteiger charge is -2.35. The van der Waals surface area contributed by atoms with Crippen LogP contribution in [0.5, 0.6) is 11.5 Å². The molecular formula is C16H23NO4. The largest absolute Gasteiger partial charge is 0.508 e. The molecule has 1 heterocycles. The molecule has 0 aromatic heterocycles. The molecule has 1 saturated heterocycles. The molecule has 1 aromatic carbocycles. The molecule has 1 aliphatic rings. The number of hydrogen-bond acceptors (Lipinski definition) is 4. The van der Waals surface area contributed by atoms with Gasteiger partial charge in [-0.1, -0.05) is 6.42 Å². The highest BCUT2D eigenvalue weighted by Gasteiger charge is 2.23. The van der Waals surface area contributed by atoms with Gasteiger partial charge < -0.3 is 14.9 Å². The summed E-state index contributed by atoms with van der Waals surface area (Å²) in [6, 6.07) is 5.50. The van der Waals surface area contributed by atoms with Crippen molar-refractivity contribution in [1.29, 1.82) is 0 Å². The maximum atomic E-state index is 10.8. The van der Waals surface area contributed by atoms with Crippen molar-refractivity contribution in [3.63, 3.8) is 0 Å². The van der Waals surface area contributed by atoms with Crippen molar-refractivity contribution < 1.29 is 19.7 Å². The SMILES string of the molecule is COc1ccc(O)c(CN2CCCCC2CCC(=O)O)c1. The summed E-state index contributed by atoms with van der Waals surface area (Å²) in [7, 11) is 1.60. The molecular weight excluding hydrogens is 270 g/mol. The van der Waals surface area contributed by atoms with Crippen molar-refractivity contribution >= 4 is 5.97 Å². The summed E-state index contributed by atoms with van der Waals surface area (Å²) in [6.45, 7) is 1.58. The Hall–Kier alpha value is -1.75. The van der Waals surface area contributed by atoms with Crippen LogP contribution in [0, 0.1) is 0 Å². The van der Waals surface area contributed by atoms with Gasteiger partial charge in [-0.05, 0) is 44.0 Å². The number of phenolic OH excluding ortho intramolecular Hbond substituents is 1. The quantitative estimate of drug-likeness (QED) is 0.843. The van der Waals surface area contributed by atoms with Crippen LogP contribution in [0.3, 0.4) is 0 Å². The summed E-state index contributed by atoms with van der Waals surface area (Å²) in [6.07, 6.45) is 4.16. The number of benzene rings is 1. The summed E-state index contributed by atoms with van der Waals surface area (Å²) in [5.41, 5.74) is 0.830. The zero-order chi connectivity index (χ0) is 15.2. The minimum Gasteiger partial charge on any atom is -0.508 e. The van der Waals surface area contributed by atoms with Gasteiger partial charge in [0.05, 0.1) is 7.11 Å². The van der Waals surface area contributed by atoms with E-state index in [9.17, 15) is 9.90 Å². The Balaban J connectivity index is 2.06. The Labute approximate surface area is 125 Å². The number of nitrogens with zero attached hydrogens (tertiary/aromatic N) is 1. The molecule has 2 N–H and O–H groups in total. The molecule has 116 valence electrons. The maximum Gasteiger partial charge on any atom is 0.303 e. The summed E-state index contributed by atoms with van der Waals surface area (Å²) < 4.78 is 5.20. The molecule has 0 saturated carbocycles. The van der Waals surface area contributed by atoms with Crippen LogP contribution < -0.4 is 4.74 Å².